The first-order valence-electron chi connectivity index (χ1n) is 5.20. The highest BCUT2D eigenvalue weighted by Gasteiger charge is 2.38. The van der Waals surface area contributed by atoms with E-state index in [0.29, 0.717) is 5.02 Å². The van der Waals surface area contributed by atoms with Crippen molar-refractivity contribution < 1.29 is 5.11 Å². The minimum Gasteiger partial charge on any atom is -0.387 e. The van der Waals surface area contributed by atoms with Crippen molar-refractivity contribution in [1.29, 1.82) is 0 Å². The van der Waals surface area contributed by atoms with Crippen LogP contribution in [0.2, 0.25) is 5.02 Å². The Morgan fingerprint density at radius 2 is 2.20 bits per heavy atom. The molecule has 2 unspecified atom stereocenters. The van der Waals surface area contributed by atoms with Gasteiger partial charge in [-0.15, -0.1) is 0 Å². The fraction of sp³-hybridized carbons (Fsp3) is 0.500. The average molecular weight is 243 g/mol. The van der Waals surface area contributed by atoms with Gasteiger partial charge in [0.05, 0.1) is 6.10 Å². The molecule has 3 heteroatoms. The Kier molecular flexibility index (Phi) is 3.29. The maximum absolute atomic E-state index is 10.4. The summed E-state index contributed by atoms with van der Waals surface area (Å²) >= 11 is 7.94. The maximum Gasteiger partial charge on any atom is 0.0948 e. The van der Waals surface area contributed by atoms with E-state index in [0.717, 1.165) is 17.7 Å². The van der Waals surface area contributed by atoms with Crippen molar-refractivity contribution in [3.63, 3.8) is 0 Å². The molecule has 0 saturated carbocycles. The molecule has 1 nitrogen and oxygen atoms in total. The Morgan fingerprint density at radius 3 is 2.80 bits per heavy atom. The van der Waals surface area contributed by atoms with Crippen LogP contribution in [0.5, 0.6) is 0 Å². The summed E-state index contributed by atoms with van der Waals surface area (Å²) in [5, 5.41) is 11.0. The zero-order chi connectivity index (χ0) is 10.9. The summed E-state index contributed by atoms with van der Waals surface area (Å²) in [6.45, 7) is 2.12. The smallest absolute Gasteiger partial charge is 0.0948 e. The van der Waals surface area contributed by atoms with Gasteiger partial charge in [0.2, 0.25) is 0 Å². The van der Waals surface area contributed by atoms with Gasteiger partial charge in [0.1, 0.15) is 0 Å². The van der Waals surface area contributed by atoms with Gasteiger partial charge >= 0.3 is 0 Å². The highest BCUT2D eigenvalue weighted by atomic mass is 35.5. The first kappa shape index (κ1) is 11.3. The number of hydrogen-bond acceptors (Lipinski definition) is 2. The second-order valence-corrected chi connectivity index (χ2v) is 6.23. The molecule has 0 aromatic heterocycles. The first-order valence-corrected chi connectivity index (χ1v) is 6.56. The predicted molar refractivity (Wildman–Crippen MR) is 66.5 cm³/mol. The van der Waals surface area contributed by atoms with Crippen LogP contribution in [0.4, 0.5) is 0 Å². The molecule has 0 amide bonds. The summed E-state index contributed by atoms with van der Waals surface area (Å²) in [5.41, 5.74) is 0.857. The molecule has 0 aliphatic carbocycles. The van der Waals surface area contributed by atoms with Crippen molar-refractivity contribution in [2.24, 2.45) is 0 Å². The minimum atomic E-state index is -0.460. The molecule has 0 bridgehead atoms. The van der Waals surface area contributed by atoms with Crippen LogP contribution >= 0.6 is 23.4 Å². The number of aliphatic hydroxyl groups is 1. The van der Waals surface area contributed by atoms with Crippen LogP contribution in [-0.4, -0.2) is 15.6 Å². The van der Waals surface area contributed by atoms with E-state index in [1.54, 1.807) is 0 Å². The molecular formula is C12H15ClOS. The van der Waals surface area contributed by atoms with Crippen LogP contribution in [-0.2, 0) is 0 Å². The lowest BCUT2D eigenvalue weighted by molar-refractivity contribution is 0.135. The molecule has 1 saturated heterocycles. The standard InChI is InChI=1S/C12H15ClOS/c1-12(7-4-8-15-12)11(14)9-5-2-3-6-10(9)13/h2-3,5-6,11,14H,4,7-8H2,1H3. The van der Waals surface area contributed by atoms with Gasteiger partial charge in [-0.2, -0.15) is 11.8 Å². The number of benzene rings is 1. The van der Waals surface area contributed by atoms with Gasteiger partial charge in [-0.1, -0.05) is 29.8 Å². The zero-order valence-corrected chi connectivity index (χ0v) is 10.3. The number of thioether (sulfide) groups is 1. The lowest BCUT2D eigenvalue weighted by Crippen LogP contribution is -2.26. The molecule has 82 valence electrons. The maximum atomic E-state index is 10.4. The second-order valence-electron chi connectivity index (χ2n) is 4.19. The third-order valence-corrected chi connectivity index (χ3v) is 4.95. The number of rotatable bonds is 2. The van der Waals surface area contributed by atoms with Gasteiger partial charge in [0.15, 0.2) is 0 Å². The van der Waals surface area contributed by atoms with E-state index in [1.165, 1.54) is 6.42 Å². The summed E-state index contributed by atoms with van der Waals surface area (Å²) in [6, 6.07) is 7.57. The van der Waals surface area contributed by atoms with Gasteiger partial charge in [-0.25, -0.2) is 0 Å². The molecule has 1 heterocycles. The van der Waals surface area contributed by atoms with Crippen LogP contribution in [0.25, 0.3) is 0 Å². The Hall–Kier alpha value is -0.180. The Morgan fingerprint density at radius 1 is 1.47 bits per heavy atom. The molecule has 1 aliphatic heterocycles. The number of hydrogen-bond donors (Lipinski definition) is 1. The van der Waals surface area contributed by atoms with Crippen LogP contribution in [0.1, 0.15) is 31.4 Å². The van der Waals surface area contributed by atoms with Gasteiger partial charge in [-0.3, -0.25) is 0 Å². The summed E-state index contributed by atoms with van der Waals surface area (Å²) in [6.07, 6.45) is 1.78. The topological polar surface area (TPSA) is 20.2 Å². The van der Waals surface area contributed by atoms with E-state index < -0.39 is 6.10 Å². The van der Waals surface area contributed by atoms with Gasteiger partial charge in [-0.05, 0) is 31.6 Å². The van der Waals surface area contributed by atoms with E-state index >= 15 is 0 Å². The van der Waals surface area contributed by atoms with E-state index in [2.05, 4.69) is 6.92 Å². The third kappa shape index (κ3) is 2.17. The normalized spacial score (nSPS) is 27.9. The van der Waals surface area contributed by atoms with Crippen molar-refractivity contribution in [2.75, 3.05) is 5.75 Å². The molecule has 1 aliphatic rings. The van der Waals surface area contributed by atoms with E-state index in [9.17, 15) is 5.11 Å². The molecule has 1 fully saturated rings. The van der Waals surface area contributed by atoms with Crippen molar-refractivity contribution >= 4 is 23.4 Å². The van der Waals surface area contributed by atoms with Crippen molar-refractivity contribution in [3.8, 4) is 0 Å². The monoisotopic (exact) mass is 242 g/mol. The number of halogens is 1. The Bertz CT molecular complexity index is 347. The van der Waals surface area contributed by atoms with Crippen LogP contribution in [0, 0.1) is 0 Å². The summed E-state index contributed by atoms with van der Waals surface area (Å²) in [7, 11) is 0. The third-order valence-electron chi connectivity index (χ3n) is 3.03. The van der Waals surface area contributed by atoms with Crippen molar-refractivity contribution in [3.05, 3.63) is 34.9 Å². The fourth-order valence-electron chi connectivity index (χ4n) is 2.04. The van der Waals surface area contributed by atoms with Crippen LogP contribution in [0.15, 0.2) is 24.3 Å². The fourth-order valence-corrected chi connectivity index (χ4v) is 3.61. The van der Waals surface area contributed by atoms with E-state index in [1.807, 2.05) is 36.0 Å². The molecule has 2 atom stereocenters. The summed E-state index contributed by atoms with van der Waals surface area (Å²) in [4.78, 5) is 0. The largest absolute Gasteiger partial charge is 0.387 e. The minimum absolute atomic E-state index is 0.0645. The molecule has 15 heavy (non-hydrogen) atoms. The van der Waals surface area contributed by atoms with Crippen molar-refractivity contribution in [1.82, 2.24) is 0 Å². The molecular weight excluding hydrogens is 228 g/mol. The molecule has 0 spiro atoms. The second kappa shape index (κ2) is 4.36. The first-order chi connectivity index (χ1) is 7.13. The zero-order valence-electron chi connectivity index (χ0n) is 8.74. The quantitative estimate of drug-likeness (QED) is 0.854. The van der Waals surface area contributed by atoms with Crippen LogP contribution < -0.4 is 0 Å². The predicted octanol–water partition coefficient (Wildman–Crippen LogP) is 3.66. The lowest BCUT2D eigenvalue weighted by atomic mass is 9.93. The molecule has 1 aromatic rings. The van der Waals surface area contributed by atoms with Crippen molar-refractivity contribution in [2.45, 2.75) is 30.6 Å². The Labute approximate surface area is 99.8 Å². The summed E-state index contributed by atoms with van der Waals surface area (Å²) in [5.74, 6) is 1.14. The highest BCUT2D eigenvalue weighted by Crippen LogP contribution is 2.47. The number of aliphatic hydroxyl groups excluding tert-OH is 1. The van der Waals surface area contributed by atoms with Gasteiger partial charge in [0.25, 0.3) is 0 Å². The van der Waals surface area contributed by atoms with E-state index in [-0.39, 0.29) is 4.75 Å². The van der Waals surface area contributed by atoms with Crippen LogP contribution in [0.3, 0.4) is 0 Å². The van der Waals surface area contributed by atoms with E-state index in [4.69, 9.17) is 11.6 Å². The molecule has 1 N–H and O–H groups in total. The lowest BCUT2D eigenvalue weighted by Gasteiger charge is -2.29. The Balaban J connectivity index is 2.27. The SMILES string of the molecule is CC1(C(O)c2ccccc2Cl)CCCS1. The highest BCUT2D eigenvalue weighted by molar-refractivity contribution is 8.00. The van der Waals surface area contributed by atoms with Gasteiger partial charge in [0, 0.05) is 15.3 Å². The molecule has 0 radical (unpaired) electrons. The molecule has 1 aromatic carbocycles. The molecule has 2 rings (SSSR count). The van der Waals surface area contributed by atoms with Gasteiger partial charge < -0.3 is 5.11 Å². The summed E-state index contributed by atoms with van der Waals surface area (Å²) < 4.78 is -0.0645. The average Bonchev–Trinajstić information content (AvgIpc) is 2.66.